The van der Waals surface area contributed by atoms with Gasteiger partial charge in [0, 0.05) is 11.6 Å². The minimum absolute atomic E-state index is 0.135. The number of nitrogens with one attached hydrogen (secondary N) is 1. The minimum Gasteiger partial charge on any atom is -0.394 e. The fraction of sp³-hybridized carbons (Fsp3) is 0.211. The van der Waals surface area contributed by atoms with Crippen LogP contribution in [-0.4, -0.2) is 40.4 Å². The van der Waals surface area contributed by atoms with E-state index in [1.807, 2.05) is 0 Å². The first-order chi connectivity index (χ1) is 12.0. The highest BCUT2D eigenvalue weighted by atomic mass is 16.3. The first-order valence-electron chi connectivity index (χ1n) is 7.97. The Morgan fingerprint density at radius 1 is 1.04 bits per heavy atom. The summed E-state index contributed by atoms with van der Waals surface area (Å²) in [5.74, 6) is -0.896. The molecule has 1 heterocycles. The maximum absolute atomic E-state index is 12.4. The number of rotatable bonds is 5. The Morgan fingerprint density at radius 2 is 1.60 bits per heavy atom. The van der Waals surface area contributed by atoms with E-state index in [4.69, 9.17) is 5.11 Å². The Hall–Kier alpha value is -2.99. The lowest BCUT2D eigenvalue weighted by molar-refractivity contribution is 0.0641. The topological polar surface area (TPSA) is 86.7 Å². The van der Waals surface area contributed by atoms with Crippen molar-refractivity contribution in [3.8, 4) is 0 Å². The van der Waals surface area contributed by atoms with E-state index in [1.165, 1.54) is 4.90 Å². The van der Waals surface area contributed by atoms with Gasteiger partial charge in [0.05, 0.1) is 24.3 Å². The molecule has 1 aliphatic rings. The van der Waals surface area contributed by atoms with Crippen molar-refractivity contribution < 1.29 is 19.5 Å². The summed E-state index contributed by atoms with van der Waals surface area (Å²) in [6, 6.07) is 13.1. The van der Waals surface area contributed by atoms with Gasteiger partial charge in [0.2, 0.25) is 0 Å². The van der Waals surface area contributed by atoms with Crippen LogP contribution < -0.4 is 5.32 Å². The minimum atomic E-state index is -0.328. The number of hydrogen-bond acceptors (Lipinski definition) is 4. The number of amides is 3. The van der Waals surface area contributed by atoms with Gasteiger partial charge in [0.25, 0.3) is 17.7 Å². The second-order valence-corrected chi connectivity index (χ2v) is 6.00. The number of hydrogen-bond donors (Lipinski definition) is 2. The van der Waals surface area contributed by atoms with Crippen molar-refractivity contribution in [2.24, 2.45) is 0 Å². The van der Waals surface area contributed by atoms with Gasteiger partial charge < -0.3 is 10.4 Å². The average Bonchev–Trinajstić information content (AvgIpc) is 2.87. The third-order valence-corrected chi connectivity index (χ3v) is 4.09. The van der Waals surface area contributed by atoms with Gasteiger partial charge in [-0.3, -0.25) is 19.3 Å². The van der Waals surface area contributed by atoms with Crippen molar-refractivity contribution >= 4 is 17.7 Å². The van der Waals surface area contributed by atoms with Gasteiger partial charge in [-0.05, 0) is 36.8 Å². The van der Waals surface area contributed by atoms with Crippen molar-refractivity contribution in [2.45, 2.75) is 19.5 Å². The van der Waals surface area contributed by atoms with Crippen molar-refractivity contribution in [3.63, 3.8) is 0 Å². The molecule has 0 bridgehead atoms. The van der Waals surface area contributed by atoms with Crippen LogP contribution in [0.3, 0.4) is 0 Å². The molecule has 0 saturated heterocycles. The monoisotopic (exact) mass is 338 g/mol. The van der Waals surface area contributed by atoms with Gasteiger partial charge in [0.15, 0.2) is 0 Å². The maximum Gasteiger partial charge on any atom is 0.261 e. The molecule has 1 unspecified atom stereocenters. The largest absolute Gasteiger partial charge is 0.394 e. The molecule has 3 rings (SSSR count). The maximum atomic E-state index is 12.4. The normalized spacial score (nSPS) is 14.4. The summed E-state index contributed by atoms with van der Waals surface area (Å²) in [5.41, 5.74) is 2.04. The molecule has 0 aromatic heterocycles. The van der Waals surface area contributed by atoms with Crippen LogP contribution in [0.2, 0.25) is 0 Å². The summed E-state index contributed by atoms with van der Waals surface area (Å²) in [6.07, 6.45) is 0. The highest BCUT2D eigenvalue weighted by Crippen LogP contribution is 2.24. The predicted octanol–water partition coefficient (Wildman–Crippen LogP) is 1.59. The van der Waals surface area contributed by atoms with E-state index >= 15 is 0 Å². The lowest BCUT2D eigenvalue weighted by Gasteiger charge is -2.14. The molecule has 2 aromatic rings. The first-order valence-corrected chi connectivity index (χ1v) is 7.97. The third kappa shape index (κ3) is 3.29. The zero-order chi connectivity index (χ0) is 18.0. The van der Waals surface area contributed by atoms with E-state index in [2.05, 4.69) is 5.32 Å². The Morgan fingerprint density at radius 3 is 2.12 bits per heavy atom. The number of fused-ring (bicyclic) bond motifs is 1. The molecule has 0 spiro atoms. The van der Waals surface area contributed by atoms with E-state index < -0.39 is 0 Å². The molecule has 0 radical (unpaired) electrons. The number of nitrogens with zero attached hydrogens (tertiary/aromatic N) is 1. The van der Waals surface area contributed by atoms with Gasteiger partial charge >= 0.3 is 0 Å². The highest BCUT2D eigenvalue weighted by Gasteiger charge is 2.34. The van der Waals surface area contributed by atoms with Gasteiger partial charge in [-0.25, -0.2) is 0 Å². The van der Waals surface area contributed by atoms with Crippen LogP contribution in [0.5, 0.6) is 0 Å². The molecular formula is C19H18N2O4. The number of benzene rings is 2. The lowest BCUT2D eigenvalue weighted by Crippen LogP contribution is -2.35. The quantitative estimate of drug-likeness (QED) is 0.811. The Bertz CT molecular complexity index is 795. The molecular weight excluding hydrogens is 320 g/mol. The van der Waals surface area contributed by atoms with Crippen LogP contribution in [0.4, 0.5) is 0 Å². The van der Waals surface area contributed by atoms with E-state index in [0.717, 1.165) is 5.56 Å². The highest BCUT2D eigenvalue weighted by molar-refractivity contribution is 6.21. The third-order valence-electron chi connectivity index (χ3n) is 4.09. The Kier molecular flexibility index (Phi) is 4.63. The predicted molar refractivity (Wildman–Crippen MR) is 91.1 cm³/mol. The van der Waals surface area contributed by atoms with E-state index in [0.29, 0.717) is 16.7 Å². The first kappa shape index (κ1) is 16.9. The summed E-state index contributed by atoms with van der Waals surface area (Å²) in [6.45, 7) is 1.72. The zero-order valence-corrected chi connectivity index (χ0v) is 13.7. The summed E-state index contributed by atoms with van der Waals surface area (Å²) < 4.78 is 0. The molecule has 2 aromatic carbocycles. The summed E-state index contributed by atoms with van der Waals surface area (Å²) in [7, 11) is 0. The second kappa shape index (κ2) is 6.86. The van der Waals surface area contributed by atoms with Crippen LogP contribution in [0.25, 0.3) is 0 Å². The van der Waals surface area contributed by atoms with Gasteiger partial charge in [-0.15, -0.1) is 0 Å². The molecule has 6 nitrogen and oxygen atoms in total. The summed E-state index contributed by atoms with van der Waals surface area (Å²) in [5, 5.41) is 11.6. The molecule has 128 valence electrons. The van der Waals surface area contributed by atoms with Crippen molar-refractivity contribution in [3.05, 3.63) is 70.8 Å². The fourth-order valence-electron chi connectivity index (χ4n) is 2.68. The van der Waals surface area contributed by atoms with Gasteiger partial charge in [0.1, 0.15) is 0 Å². The van der Waals surface area contributed by atoms with Crippen LogP contribution >= 0.6 is 0 Å². The molecule has 0 saturated carbocycles. The van der Waals surface area contributed by atoms with Gasteiger partial charge in [-0.2, -0.15) is 0 Å². The number of imide groups is 1. The summed E-state index contributed by atoms with van der Waals surface area (Å²) >= 11 is 0. The SMILES string of the molecule is CC(CO)NC(=O)c1ccc(CN2C(=O)c3ccccc3C2=O)cc1. The number of aliphatic hydroxyl groups excluding tert-OH is 1. The second-order valence-electron chi connectivity index (χ2n) is 6.00. The number of carbonyl (C=O) groups is 3. The molecule has 2 N–H and O–H groups in total. The van der Waals surface area contributed by atoms with Crippen LogP contribution in [0.15, 0.2) is 48.5 Å². The average molecular weight is 338 g/mol. The molecule has 6 heteroatoms. The van der Waals surface area contributed by atoms with Gasteiger partial charge in [-0.1, -0.05) is 24.3 Å². The van der Waals surface area contributed by atoms with Crippen molar-refractivity contribution in [1.29, 1.82) is 0 Å². The molecule has 1 aliphatic heterocycles. The lowest BCUT2D eigenvalue weighted by atomic mass is 10.1. The van der Waals surface area contributed by atoms with E-state index in [1.54, 1.807) is 55.5 Å². The van der Waals surface area contributed by atoms with Crippen LogP contribution in [-0.2, 0) is 6.54 Å². The van der Waals surface area contributed by atoms with E-state index in [-0.39, 0.29) is 36.9 Å². The van der Waals surface area contributed by atoms with Crippen molar-refractivity contribution in [1.82, 2.24) is 10.2 Å². The molecule has 25 heavy (non-hydrogen) atoms. The van der Waals surface area contributed by atoms with Crippen LogP contribution in [0.1, 0.15) is 43.6 Å². The molecule has 1 atom stereocenters. The van der Waals surface area contributed by atoms with Crippen LogP contribution in [0, 0.1) is 0 Å². The molecule has 0 aliphatic carbocycles. The summed E-state index contributed by atoms with van der Waals surface area (Å²) in [4.78, 5) is 37.9. The molecule has 0 fully saturated rings. The molecule has 3 amide bonds. The fourth-order valence-corrected chi connectivity index (χ4v) is 2.68. The Balaban J connectivity index is 1.72. The standard InChI is InChI=1S/C19H18N2O4/c1-12(11-22)20-17(23)14-8-6-13(7-9-14)10-21-18(24)15-4-2-3-5-16(15)19(21)25/h2-9,12,22H,10-11H2,1H3,(H,20,23). The zero-order valence-electron chi connectivity index (χ0n) is 13.7. The van der Waals surface area contributed by atoms with Crippen molar-refractivity contribution in [2.75, 3.05) is 6.61 Å². The number of aliphatic hydroxyl groups is 1. The number of carbonyl (C=O) groups excluding carboxylic acids is 3. The smallest absolute Gasteiger partial charge is 0.261 e. The van der Waals surface area contributed by atoms with E-state index in [9.17, 15) is 14.4 Å². The Labute approximate surface area is 145 Å².